The molecule has 2 rings (SSSR count). The molecule has 0 fully saturated rings. The molecule has 0 saturated carbocycles. The number of nitrogens with one attached hydrogen (secondary N) is 2. The third-order valence-corrected chi connectivity index (χ3v) is 3.43. The van der Waals surface area contributed by atoms with Crippen LogP contribution in [0.4, 0.5) is 11.4 Å². The Morgan fingerprint density at radius 3 is 2.38 bits per heavy atom. The first-order valence-electron chi connectivity index (χ1n) is 7.17. The second-order valence-corrected chi connectivity index (χ2v) is 5.54. The molecule has 2 N–H and O–H groups in total. The van der Waals surface area contributed by atoms with Crippen molar-refractivity contribution in [3.63, 3.8) is 0 Å². The van der Waals surface area contributed by atoms with Crippen LogP contribution in [-0.4, -0.2) is 11.9 Å². The number of aryl methyl sites for hydroxylation is 3. The first-order valence-corrected chi connectivity index (χ1v) is 7.17. The summed E-state index contributed by atoms with van der Waals surface area (Å²) in [7, 11) is 0. The van der Waals surface area contributed by atoms with Gasteiger partial charge in [-0.2, -0.15) is 0 Å². The van der Waals surface area contributed by atoms with Gasteiger partial charge in [0.1, 0.15) is 6.04 Å². The number of carbonyl (C=O) groups is 1. The Morgan fingerprint density at radius 2 is 1.71 bits per heavy atom. The molecule has 0 aliphatic carbocycles. The van der Waals surface area contributed by atoms with Gasteiger partial charge in [-0.25, -0.2) is 0 Å². The number of benzene rings is 2. The van der Waals surface area contributed by atoms with Gasteiger partial charge in [0.2, 0.25) is 5.91 Å². The molecule has 3 heteroatoms. The lowest BCUT2D eigenvalue weighted by Gasteiger charge is -2.17. The second-order valence-electron chi connectivity index (χ2n) is 5.54. The van der Waals surface area contributed by atoms with E-state index in [4.69, 9.17) is 0 Å². The van der Waals surface area contributed by atoms with Crippen molar-refractivity contribution in [3.05, 3.63) is 59.2 Å². The fourth-order valence-corrected chi connectivity index (χ4v) is 2.25. The summed E-state index contributed by atoms with van der Waals surface area (Å²) >= 11 is 0. The smallest absolute Gasteiger partial charge is 0.246 e. The summed E-state index contributed by atoms with van der Waals surface area (Å²) in [5.41, 5.74) is 5.31. The van der Waals surface area contributed by atoms with E-state index in [-0.39, 0.29) is 11.9 Å². The van der Waals surface area contributed by atoms with Gasteiger partial charge in [0.25, 0.3) is 0 Å². The largest absolute Gasteiger partial charge is 0.374 e. The second kappa shape index (κ2) is 6.44. The van der Waals surface area contributed by atoms with E-state index in [1.54, 1.807) is 0 Å². The van der Waals surface area contributed by atoms with Gasteiger partial charge in [0, 0.05) is 11.4 Å². The zero-order valence-corrected chi connectivity index (χ0v) is 13.0. The molecule has 0 aliphatic rings. The van der Waals surface area contributed by atoms with Crippen molar-refractivity contribution in [2.45, 2.75) is 33.7 Å². The lowest BCUT2D eigenvalue weighted by atomic mass is 10.1. The normalized spacial score (nSPS) is 11.8. The highest BCUT2D eigenvalue weighted by molar-refractivity contribution is 5.96. The standard InChI is InChI=1S/C18H22N2O/c1-12-6-5-7-16(11-12)20-18(21)15(4)19-17-9-8-13(2)10-14(17)3/h5-11,15,19H,1-4H3,(H,20,21)/t15-/m1/s1. The van der Waals surface area contributed by atoms with Crippen molar-refractivity contribution < 1.29 is 4.79 Å². The number of amides is 1. The van der Waals surface area contributed by atoms with Gasteiger partial charge in [-0.15, -0.1) is 0 Å². The molecule has 0 unspecified atom stereocenters. The lowest BCUT2D eigenvalue weighted by Crippen LogP contribution is -2.32. The highest BCUT2D eigenvalue weighted by atomic mass is 16.2. The minimum absolute atomic E-state index is 0.0411. The summed E-state index contributed by atoms with van der Waals surface area (Å²) in [5, 5.41) is 6.19. The first-order chi connectivity index (χ1) is 9.95. The van der Waals surface area contributed by atoms with Crippen LogP contribution in [0.25, 0.3) is 0 Å². The Labute approximate surface area is 126 Å². The van der Waals surface area contributed by atoms with Crippen LogP contribution >= 0.6 is 0 Å². The first kappa shape index (κ1) is 15.1. The van der Waals surface area contributed by atoms with Gasteiger partial charge in [-0.3, -0.25) is 4.79 Å². The lowest BCUT2D eigenvalue weighted by molar-refractivity contribution is -0.116. The van der Waals surface area contributed by atoms with Crippen LogP contribution in [-0.2, 0) is 4.79 Å². The van der Waals surface area contributed by atoms with Crippen molar-refractivity contribution in [3.8, 4) is 0 Å². The minimum Gasteiger partial charge on any atom is -0.374 e. The average Bonchev–Trinajstić information content (AvgIpc) is 2.41. The van der Waals surface area contributed by atoms with Crippen LogP contribution in [0.1, 0.15) is 23.6 Å². The Hall–Kier alpha value is -2.29. The zero-order valence-electron chi connectivity index (χ0n) is 13.0. The van der Waals surface area contributed by atoms with Crippen molar-refractivity contribution in [1.29, 1.82) is 0 Å². The number of anilines is 2. The number of hydrogen-bond acceptors (Lipinski definition) is 2. The molecule has 3 nitrogen and oxygen atoms in total. The van der Waals surface area contributed by atoms with E-state index >= 15 is 0 Å². The van der Waals surface area contributed by atoms with E-state index in [1.165, 1.54) is 5.56 Å². The topological polar surface area (TPSA) is 41.1 Å². The number of rotatable bonds is 4. The average molecular weight is 282 g/mol. The van der Waals surface area contributed by atoms with E-state index in [2.05, 4.69) is 23.6 Å². The zero-order chi connectivity index (χ0) is 15.4. The molecule has 0 bridgehead atoms. The van der Waals surface area contributed by atoms with Crippen LogP contribution < -0.4 is 10.6 Å². The molecule has 0 aromatic heterocycles. The van der Waals surface area contributed by atoms with Crippen molar-refractivity contribution in [2.75, 3.05) is 10.6 Å². The molecular formula is C18H22N2O. The summed E-state index contributed by atoms with van der Waals surface area (Å²) in [6, 6.07) is 13.7. The maximum atomic E-state index is 12.2. The van der Waals surface area contributed by atoms with Gasteiger partial charge >= 0.3 is 0 Å². The Bertz CT molecular complexity index is 649. The fourth-order valence-electron chi connectivity index (χ4n) is 2.25. The Morgan fingerprint density at radius 1 is 1.00 bits per heavy atom. The minimum atomic E-state index is -0.299. The summed E-state index contributed by atoms with van der Waals surface area (Å²) in [5.74, 6) is -0.0411. The molecule has 0 spiro atoms. The van der Waals surface area contributed by atoms with Crippen LogP contribution in [0.2, 0.25) is 0 Å². The number of hydrogen-bond donors (Lipinski definition) is 2. The van der Waals surface area contributed by atoms with E-state index in [0.717, 1.165) is 22.5 Å². The molecule has 1 amide bonds. The SMILES string of the molecule is Cc1cccc(NC(=O)[C@@H](C)Nc2ccc(C)cc2C)c1. The Balaban J connectivity index is 2.02. The molecule has 0 radical (unpaired) electrons. The van der Waals surface area contributed by atoms with Crippen LogP contribution in [0.5, 0.6) is 0 Å². The summed E-state index contributed by atoms with van der Waals surface area (Å²) in [6.45, 7) is 7.97. The molecule has 1 atom stereocenters. The van der Waals surface area contributed by atoms with E-state index in [0.29, 0.717) is 0 Å². The third-order valence-electron chi connectivity index (χ3n) is 3.43. The number of carbonyl (C=O) groups excluding carboxylic acids is 1. The maximum absolute atomic E-state index is 12.2. The van der Waals surface area contributed by atoms with E-state index in [1.807, 2.05) is 57.2 Å². The molecule has 21 heavy (non-hydrogen) atoms. The maximum Gasteiger partial charge on any atom is 0.246 e. The van der Waals surface area contributed by atoms with Gasteiger partial charge < -0.3 is 10.6 Å². The van der Waals surface area contributed by atoms with E-state index < -0.39 is 0 Å². The highest BCUT2D eigenvalue weighted by Gasteiger charge is 2.13. The van der Waals surface area contributed by atoms with Crippen LogP contribution in [0.3, 0.4) is 0 Å². The fraction of sp³-hybridized carbons (Fsp3) is 0.278. The van der Waals surface area contributed by atoms with Crippen LogP contribution in [0.15, 0.2) is 42.5 Å². The van der Waals surface area contributed by atoms with Crippen molar-refractivity contribution in [2.24, 2.45) is 0 Å². The Kier molecular flexibility index (Phi) is 4.63. The summed E-state index contributed by atoms with van der Waals surface area (Å²) in [4.78, 5) is 12.2. The van der Waals surface area contributed by atoms with Crippen LogP contribution in [0, 0.1) is 20.8 Å². The van der Waals surface area contributed by atoms with E-state index in [9.17, 15) is 4.79 Å². The monoisotopic (exact) mass is 282 g/mol. The molecule has 2 aromatic rings. The molecule has 2 aromatic carbocycles. The van der Waals surface area contributed by atoms with Crippen molar-refractivity contribution >= 4 is 17.3 Å². The molecule has 0 saturated heterocycles. The predicted molar refractivity (Wildman–Crippen MR) is 88.8 cm³/mol. The van der Waals surface area contributed by atoms with Gasteiger partial charge in [-0.1, -0.05) is 29.8 Å². The predicted octanol–water partition coefficient (Wildman–Crippen LogP) is 4.05. The summed E-state index contributed by atoms with van der Waals surface area (Å²) in [6.07, 6.45) is 0. The van der Waals surface area contributed by atoms with Gasteiger partial charge in [0.15, 0.2) is 0 Å². The molecule has 0 heterocycles. The van der Waals surface area contributed by atoms with Gasteiger partial charge in [0.05, 0.1) is 0 Å². The molecule has 0 aliphatic heterocycles. The molecular weight excluding hydrogens is 260 g/mol. The summed E-state index contributed by atoms with van der Waals surface area (Å²) < 4.78 is 0. The quantitative estimate of drug-likeness (QED) is 0.888. The highest BCUT2D eigenvalue weighted by Crippen LogP contribution is 2.17. The molecule has 110 valence electrons. The van der Waals surface area contributed by atoms with Crippen molar-refractivity contribution in [1.82, 2.24) is 0 Å². The third kappa shape index (κ3) is 4.09. The van der Waals surface area contributed by atoms with Gasteiger partial charge in [-0.05, 0) is 57.0 Å².